The first-order valence-electron chi connectivity index (χ1n) is 8.85. The molecule has 5 nitrogen and oxygen atoms in total. The number of rotatable bonds is 3. The third-order valence-corrected chi connectivity index (χ3v) is 4.93. The lowest BCUT2D eigenvalue weighted by Crippen LogP contribution is -2.19. The first-order chi connectivity index (χ1) is 12.3. The molecule has 1 amide bonds. The lowest BCUT2D eigenvalue weighted by Gasteiger charge is -2.20. The molecule has 2 heterocycles. The van der Waals surface area contributed by atoms with Crippen LogP contribution in [0, 0.1) is 0 Å². The predicted octanol–water partition coefficient (Wildman–Crippen LogP) is 4.74. The van der Waals surface area contributed by atoms with Crippen LogP contribution in [0.4, 0.5) is 11.4 Å². The van der Waals surface area contributed by atoms with Gasteiger partial charge in [-0.25, -0.2) is 4.98 Å². The van der Waals surface area contributed by atoms with Gasteiger partial charge in [0.25, 0.3) is 5.91 Å². The van der Waals surface area contributed by atoms with E-state index in [2.05, 4.69) is 15.6 Å². The second-order valence-electron chi connectivity index (χ2n) is 6.83. The molecule has 5 rings (SSSR count). The van der Waals surface area contributed by atoms with Crippen molar-refractivity contribution in [1.29, 1.82) is 0 Å². The van der Waals surface area contributed by atoms with Crippen LogP contribution in [0.25, 0.3) is 11.1 Å². The highest BCUT2D eigenvalue weighted by atomic mass is 35.5. The van der Waals surface area contributed by atoms with Crippen LogP contribution in [0.5, 0.6) is 0 Å². The van der Waals surface area contributed by atoms with Gasteiger partial charge in [0, 0.05) is 29.4 Å². The van der Waals surface area contributed by atoms with Crippen molar-refractivity contribution in [2.24, 2.45) is 0 Å². The summed E-state index contributed by atoms with van der Waals surface area (Å²) in [4.78, 5) is 17.3. The average molecular weight is 370 g/mol. The van der Waals surface area contributed by atoms with Crippen LogP contribution in [0.15, 0.2) is 40.8 Å². The van der Waals surface area contributed by atoms with Gasteiger partial charge in [-0.1, -0.05) is 6.07 Å². The van der Waals surface area contributed by atoms with Crippen LogP contribution in [0.1, 0.15) is 47.0 Å². The van der Waals surface area contributed by atoms with Crippen molar-refractivity contribution >= 4 is 40.8 Å². The van der Waals surface area contributed by atoms with Gasteiger partial charge in [0.1, 0.15) is 5.52 Å². The lowest BCUT2D eigenvalue weighted by molar-refractivity contribution is 0.102. The van der Waals surface area contributed by atoms with Gasteiger partial charge >= 0.3 is 0 Å². The second-order valence-corrected chi connectivity index (χ2v) is 6.83. The molecular weight excluding hydrogens is 350 g/mol. The minimum absolute atomic E-state index is 0. The summed E-state index contributed by atoms with van der Waals surface area (Å²) in [6, 6.07) is 11.5. The third kappa shape index (κ3) is 3.03. The van der Waals surface area contributed by atoms with E-state index in [1.165, 1.54) is 0 Å². The molecule has 0 bridgehead atoms. The predicted molar refractivity (Wildman–Crippen MR) is 104 cm³/mol. The average Bonchev–Trinajstić information content (AvgIpc) is 3.41. The molecule has 2 N–H and O–H groups in total. The summed E-state index contributed by atoms with van der Waals surface area (Å²) in [7, 11) is 0. The van der Waals surface area contributed by atoms with E-state index >= 15 is 0 Å². The molecule has 6 heteroatoms. The zero-order valence-electron chi connectivity index (χ0n) is 14.2. The Hall–Kier alpha value is -2.53. The number of benzene rings is 2. The molecule has 1 aliphatic heterocycles. The molecule has 2 aliphatic rings. The zero-order chi connectivity index (χ0) is 16.8. The molecule has 0 spiro atoms. The molecule has 1 saturated carbocycles. The van der Waals surface area contributed by atoms with Crippen LogP contribution >= 0.6 is 12.4 Å². The normalized spacial score (nSPS) is 15.7. The number of hydrogen-bond donors (Lipinski definition) is 2. The maximum atomic E-state index is 12.8. The number of oxazole rings is 1. The molecule has 26 heavy (non-hydrogen) atoms. The summed E-state index contributed by atoms with van der Waals surface area (Å²) in [6.07, 6.45) is 4.29. The quantitative estimate of drug-likeness (QED) is 0.699. The summed E-state index contributed by atoms with van der Waals surface area (Å²) in [5.41, 5.74) is 5.24. The number of nitrogens with zero attached hydrogens (tertiary/aromatic N) is 1. The van der Waals surface area contributed by atoms with Gasteiger partial charge in [-0.15, -0.1) is 12.4 Å². The Labute approximate surface area is 157 Å². The number of halogens is 1. The van der Waals surface area contributed by atoms with E-state index in [0.29, 0.717) is 5.92 Å². The summed E-state index contributed by atoms with van der Waals surface area (Å²) < 4.78 is 5.78. The van der Waals surface area contributed by atoms with Crippen LogP contribution in [-0.2, 0) is 6.42 Å². The largest absolute Gasteiger partial charge is 0.440 e. The summed E-state index contributed by atoms with van der Waals surface area (Å²) in [5, 5.41) is 6.37. The summed E-state index contributed by atoms with van der Waals surface area (Å²) in [6.45, 7) is 0.963. The number of aromatic nitrogens is 1. The zero-order valence-corrected chi connectivity index (χ0v) is 15.1. The summed E-state index contributed by atoms with van der Waals surface area (Å²) >= 11 is 0. The van der Waals surface area contributed by atoms with Crippen molar-refractivity contribution in [1.82, 2.24) is 4.98 Å². The molecule has 1 aromatic heterocycles. The van der Waals surface area contributed by atoms with Crippen molar-refractivity contribution in [2.75, 3.05) is 17.2 Å². The van der Waals surface area contributed by atoms with Gasteiger partial charge in [0.2, 0.25) is 0 Å². The fraction of sp³-hybridized carbons (Fsp3) is 0.300. The van der Waals surface area contributed by atoms with E-state index in [0.717, 1.165) is 71.7 Å². The maximum Gasteiger partial charge on any atom is 0.256 e. The van der Waals surface area contributed by atoms with Crippen molar-refractivity contribution in [3.8, 4) is 0 Å². The maximum absolute atomic E-state index is 12.8. The smallest absolute Gasteiger partial charge is 0.256 e. The summed E-state index contributed by atoms with van der Waals surface area (Å²) in [5.74, 6) is 1.22. The Kier molecular flexibility index (Phi) is 4.32. The molecule has 0 atom stereocenters. The SMILES string of the molecule is Cl.O=C(Nc1ccc2oc(C3CC3)nc2c1)c1cccc2c1CCCN2. The third-order valence-electron chi connectivity index (χ3n) is 4.93. The van der Waals surface area contributed by atoms with Crippen LogP contribution < -0.4 is 10.6 Å². The van der Waals surface area contributed by atoms with Crippen LogP contribution in [0.2, 0.25) is 0 Å². The van der Waals surface area contributed by atoms with Crippen molar-refractivity contribution in [3.05, 3.63) is 53.4 Å². The Bertz CT molecular complexity index is 978. The van der Waals surface area contributed by atoms with Crippen LogP contribution in [0.3, 0.4) is 0 Å². The number of anilines is 2. The van der Waals surface area contributed by atoms with Gasteiger partial charge in [-0.05, 0) is 61.6 Å². The molecule has 1 aliphatic carbocycles. The molecule has 1 fully saturated rings. The van der Waals surface area contributed by atoms with Crippen molar-refractivity contribution in [3.63, 3.8) is 0 Å². The fourth-order valence-electron chi connectivity index (χ4n) is 3.45. The van der Waals surface area contributed by atoms with Gasteiger partial charge < -0.3 is 15.1 Å². The van der Waals surface area contributed by atoms with E-state index < -0.39 is 0 Å². The van der Waals surface area contributed by atoms with E-state index in [-0.39, 0.29) is 18.3 Å². The first kappa shape index (κ1) is 16.9. The van der Waals surface area contributed by atoms with Crippen molar-refractivity contribution < 1.29 is 9.21 Å². The number of nitrogens with one attached hydrogen (secondary N) is 2. The minimum Gasteiger partial charge on any atom is -0.440 e. The topological polar surface area (TPSA) is 67.2 Å². The number of fused-ring (bicyclic) bond motifs is 2. The first-order valence-corrected chi connectivity index (χ1v) is 8.85. The highest BCUT2D eigenvalue weighted by molar-refractivity contribution is 6.06. The minimum atomic E-state index is -0.0780. The van der Waals surface area contributed by atoms with Crippen LogP contribution in [-0.4, -0.2) is 17.4 Å². The van der Waals surface area contributed by atoms with E-state index in [1.54, 1.807) is 0 Å². The van der Waals surface area contributed by atoms with E-state index in [9.17, 15) is 4.79 Å². The Morgan fingerprint density at radius 2 is 2.12 bits per heavy atom. The molecule has 0 unspecified atom stereocenters. The van der Waals surface area contributed by atoms with Crippen molar-refractivity contribution in [2.45, 2.75) is 31.6 Å². The van der Waals surface area contributed by atoms with E-state index in [4.69, 9.17) is 4.42 Å². The Balaban J connectivity index is 0.00000168. The monoisotopic (exact) mass is 369 g/mol. The van der Waals surface area contributed by atoms with E-state index in [1.807, 2.05) is 36.4 Å². The standard InChI is InChI=1S/C20H19N3O2.ClH/c24-19(15-3-1-5-16-14(15)4-2-10-21-16)22-13-8-9-18-17(11-13)23-20(25-18)12-6-7-12;/h1,3,5,8-9,11-12,21H,2,4,6-7,10H2,(H,22,24);1H. The number of amides is 1. The number of hydrogen-bond acceptors (Lipinski definition) is 4. The second kappa shape index (κ2) is 6.65. The molecule has 0 saturated heterocycles. The highest BCUT2D eigenvalue weighted by Crippen LogP contribution is 2.40. The van der Waals surface area contributed by atoms with Gasteiger partial charge in [0.05, 0.1) is 0 Å². The number of carbonyl (C=O) groups is 1. The number of carbonyl (C=O) groups excluding carboxylic acids is 1. The molecule has 134 valence electrons. The van der Waals surface area contributed by atoms with Gasteiger partial charge in [0.15, 0.2) is 11.5 Å². The molecular formula is C20H20ClN3O2. The lowest BCUT2D eigenvalue weighted by atomic mass is 9.97. The van der Waals surface area contributed by atoms with Gasteiger partial charge in [-0.3, -0.25) is 4.79 Å². The highest BCUT2D eigenvalue weighted by Gasteiger charge is 2.29. The Morgan fingerprint density at radius 3 is 2.96 bits per heavy atom. The van der Waals surface area contributed by atoms with Gasteiger partial charge in [-0.2, -0.15) is 0 Å². The fourth-order valence-corrected chi connectivity index (χ4v) is 3.45. The molecule has 3 aromatic rings. The molecule has 2 aromatic carbocycles. The Morgan fingerprint density at radius 1 is 1.23 bits per heavy atom. The molecule has 0 radical (unpaired) electrons.